The fraction of sp³-hybridized carbons (Fsp3) is 0. The highest BCUT2D eigenvalue weighted by Gasteiger charge is 1.92. The molecule has 5 heteroatoms. The summed E-state index contributed by atoms with van der Waals surface area (Å²) in [5.41, 5.74) is 4.81. The van der Waals surface area contributed by atoms with E-state index >= 15 is 0 Å². The van der Waals surface area contributed by atoms with Gasteiger partial charge in [-0.1, -0.05) is 0 Å². The Morgan fingerprint density at radius 3 is 3.00 bits per heavy atom. The van der Waals surface area contributed by atoms with Crippen LogP contribution < -0.4 is 11.1 Å². The Hall–Kier alpha value is -1.65. The normalized spacial score (nSPS) is 8.80. The molecule has 0 spiro atoms. The van der Waals surface area contributed by atoms with Gasteiger partial charge in [0.25, 0.3) is 0 Å². The topological polar surface area (TPSA) is 80.9 Å². The zero-order valence-electron chi connectivity index (χ0n) is 5.11. The van der Waals surface area contributed by atoms with Crippen LogP contribution in [0, 0.1) is 0 Å². The zero-order valence-corrected chi connectivity index (χ0v) is 5.11. The summed E-state index contributed by atoms with van der Waals surface area (Å²) in [6.07, 6.45) is 2.84. The SMILES string of the molecule is NC(=O)Nc1ccncn1. The van der Waals surface area contributed by atoms with Gasteiger partial charge in [-0.15, -0.1) is 0 Å². The standard InChI is InChI=1S/C5H6N4O/c6-5(10)9-4-1-2-7-3-8-4/h1-3H,(H3,6,7,8,9,10). The fourth-order valence-corrected chi connectivity index (χ4v) is 0.491. The van der Waals surface area contributed by atoms with Crippen LogP contribution in [0.5, 0.6) is 0 Å². The third-order valence-corrected chi connectivity index (χ3v) is 0.833. The van der Waals surface area contributed by atoms with Crippen molar-refractivity contribution < 1.29 is 4.79 Å². The van der Waals surface area contributed by atoms with Crippen molar-refractivity contribution in [2.75, 3.05) is 5.32 Å². The lowest BCUT2D eigenvalue weighted by atomic mass is 10.6. The number of amides is 2. The van der Waals surface area contributed by atoms with Crippen molar-refractivity contribution in [3.05, 3.63) is 18.6 Å². The van der Waals surface area contributed by atoms with Crippen molar-refractivity contribution in [3.63, 3.8) is 0 Å². The van der Waals surface area contributed by atoms with Gasteiger partial charge in [0.2, 0.25) is 0 Å². The maximum Gasteiger partial charge on any atom is 0.317 e. The van der Waals surface area contributed by atoms with Crippen molar-refractivity contribution in [2.45, 2.75) is 0 Å². The number of anilines is 1. The number of hydrogen-bond donors (Lipinski definition) is 2. The van der Waals surface area contributed by atoms with Crippen LogP contribution in [-0.2, 0) is 0 Å². The summed E-state index contributed by atoms with van der Waals surface area (Å²) < 4.78 is 0. The molecule has 0 aliphatic carbocycles. The van der Waals surface area contributed by atoms with Gasteiger partial charge in [0.1, 0.15) is 12.1 Å². The number of nitrogens with zero attached hydrogens (tertiary/aromatic N) is 2. The van der Waals surface area contributed by atoms with E-state index in [-0.39, 0.29) is 0 Å². The monoisotopic (exact) mass is 138 g/mol. The first-order valence-electron chi connectivity index (χ1n) is 2.61. The van der Waals surface area contributed by atoms with Crippen LogP contribution in [0.15, 0.2) is 18.6 Å². The summed E-state index contributed by atoms with van der Waals surface area (Å²) in [4.78, 5) is 17.6. The number of hydrogen-bond acceptors (Lipinski definition) is 3. The van der Waals surface area contributed by atoms with E-state index in [0.717, 1.165) is 0 Å². The first kappa shape index (κ1) is 6.47. The van der Waals surface area contributed by atoms with E-state index < -0.39 is 6.03 Å². The molecule has 0 bridgehead atoms. The number of nitrogens with two attached hydrogens (primary N) is 1. The molecule has 0 aromatic carbocycles. The highest BCUT2D eigenvalue weighted by Crippen LogP contribution is 1.95. The van der Waals surface area contributed by atoms with Gasteiger partial charge in [0.05, 0.1) is 0 Å². The van der Waals surface area contributed by atoms with Gasteiger partial charge < -0.3 is 5.73 Å². The second-order valence-corrected chi connectivity index (χ2v) is 1.58. The molecule has 52 valence electrons. The summed E-state index contributed by atoms with van der Waals surface area (Å²) >= 11 is 0. The van der Waals surface area contributed by atoms with Crippen molar-refractivity contribution >= 4 is 11.8 Å². The van der Waals surface area contributed by atoms with Crippen LogP contribution in [0.2, 0.25) is 0 Å². The number of primary amides is 1. The lowest BCUT2D eigenvalue weighted by molar-refractivity contribution is 0.259. The largest absolute Gasteiger partial charge is 0.351 e. The van der Waals surface area contributed by atoms with Crippen molar-refractivity contribution in [2.24, 2.45) is 5.73 Å². The summed E-state index contributed by atoms with van der Waals surface area (Å²) in [6, 6.07) is 0.920. The molecule has 3 N–H and O–H groups in total. The highest BCUT2D eigenvalue weighted by molar-refractivity contribution is 5.86. The molecule has 1 aromatic rings. The van der Waals surface area contributed by atoms with E-state index in [1.54, 1.807) is 6.07 Å². The third kappa shape index (κ3) is 1.70. The van der Waals surface area contributed by atoms with Crippen LogP contribution in [-0.4, -0.2) is 16.0 Å². The molecule has 0 saturated heterocycles. The van der Waals surface area contributed by atoms with Crippen molar-refractivity contribution in [1.29, 1.82) is 0 Å². The summed E-state index contributed by atoms with van der Waals surface area (Å²) in [5.74, 6) is 0.405. The summed E-state index contributed by atoms with van der Waals surface area (Å²) in [7, 11) is 0. The Bertz CT molecular complexity index is 222. The van der Waals surface area contributed by atoms with Crippen molar-refractivity contribution in [1.82, 2.24) is 9.97 Å². The molecular formula is C5H6N4O. The lowest BCUT2D eigenvalue weighted by Crippen LogP contribution is -2.19. The average molecular weight is 138 g/mol. The maximum absolute atomic E-state index is 10.2. The van der Waals surface area contributed by atoms with Gasteiger partial charge in [-0.2, -0.15) is 0 Å². The molecule has 2 amide bonds. The Morgan fingerprint density at radius 2 is 2.50 bits per heavy atom. The molecule has 0 radical (unpaired) electrons. The van der Waals surface area contributed by atoms with Crippen LogP contribution in [0.4, 0.5) is 10.6 Å². The quantitative estimate of drug-likeness (QED) is 0.571. The Morgan fingerprint density at radius 1 is 1.70 bits per heavy atom. The Balaban J connectivity index is 2.67. The first-order chi connectivity index (χ1) is 4.79. The van der Waals surface area contributed by atoms with Gasteiger partial charge in [-0.3, -0.25) is 5.32 Å². The van der Waals surface area contributed by atoms with E-state index in [4.69, 9.17) is 5.73 Å². The molecule has 0 atom stereocenters. The number of nitrogens with one attached hydrogen (secondary N) is 1. The second kappa shape index (κ2) is 2.77. The molecule has 0 unspecified atom stereocenters. The molecule has 5 nitrogen and oxygen atoms in total. The smallest absolute Gasteiger partial charge is 0.317 e. The number of carbonyl (C=O) groups is 1. The molecule has 1 aromatic heterocycles. The number of aromatic nitrogens is 2. The molecule has 0 saturated carbocycles. The molecule has 1 heterocycles. The van der Waals surface area contributed by atoms with Crippen LogP contribution >= 0.6 is 0 Å². The van der Waals surface area contributed by atoms with E-state index in [1.165, 1.54) is 12.5 Å². The van der Waals surface area contributed by atoms with Crippen LogP contribution in [0.1, 0.15) is 0 Å². The predicted octanol–water partition coefficient (Wildman–Crippen LogP) is -0.0328. The highest BCUT2D eigenvalue weighted by atomic mass is 16.2. The maximum atomic E-state index is 10.2. The van der Waals surface area contributed by atoms with Crippen LogP contribution in [0.25, 0.3) is 0 Å². The van der Waals surface area contributed by atoms with Gasteiger partial charge in [-0.05, 0) is 6.07 Å². The lowest BCUT2D eigenvalue weighted by Gasteiger charge is -1.96. The van der Waals surface area contributed by atoms with E-state index in [1.807, 2.05) is 0 Å². The van der Waals surface area contributed by atoms with Gasteiger partial charge in [-0.25, -0.2) is 14.8 Å². The Labute approximate surface area is 57.3 Å². The second-order valence-electron chi connectivity index (χ2n) is 1.58. The molecule has 0 aliphatic heterocycles. The van der Waals surface area contributed by atoms with E-state index in [9.17, 15) is 4.79 Å². The number of rotatable bonds is 1. The minimum Gasteiger partial charge on any atom is -0.351 e. The van der Waals surface area contributed by atoms with Crippen LogP contribution in [0.3, 0.4) is 0 Å². The molecule has 0 aliphatic rings. The Kier molecular flexibility index (Phi) is 1.79. The van der Waals surface area contributed by atoms with Gasteiger partial charge in [0.15, 0.2) is 0 Å². The van der Waals surface area contributed by atoms with Gasteiger partial charge in [0, 0.05) is 6.20 Å². The van der Waals surface area contributed by atoms with E-state index in [2.05, 4.69) is 15.3 Å². The zero-order chi connectivity index (χ0) is 7.40. The minimum atomic E-state index is -0.626. The summed E-state index contributed by atoms with van der Waals surface area (Å²) in [6.45, 7) is 0. The molecule has 10 heavy (non-hydrogen) atoms. The third-order valence-electron chi connectivity index (χ3n) is 0.833. The number of urea groups is 1. The molecule has 0 fully saturated rings. The first-order valence-corrected chi connectivity index (χ1v) is 2.61. The minimum absolute atomic E-state index is 0.405. The molecule has 1 rings (SSSR count). The van der Waals surface area contributed by atoms with E-state index in [0.29, 0.717) is 5.82 Å². The summed E-state index contributed by atoms with van der Waals surface area (Å²) in [5, 5.41) is 2.29. The van der Waals surface area contributed by atoms with Crippen molar-refractivity contribution in [3.8, 4) is 0 Å². The number of carbonyl (C=O) groups excluding carboxylic acids is 1. The average Bonchev–Trinajstić information content (AvgIpc) is 1.88. The predicted molar refractivity (Wildman–Crippen MR) is 35.2 cm³/mol. The van der Waals surface area contributed by atoms with Gasteiger partial charge >= 0.3 is 6.03 Å². The fourth-order valence-electron chi connectivity index (χ4n) is 0.491. The molecular weight excluding hydrogens is 132 g/mol.